The molecule has 4 heteroatoms. The molecule has 1 fully saturated rings. The fourth-order valence-corrected chi connectivity index (χ4v) is 4.33. The number of hydrogen-bond acceptors (Lipinski definition) is 4. The summed E-state index contributed by atoms with van der Waals surface area (Å²) in [7, 11) is 4.21. The van der Waals surface area contributed by atoms with Crippen molar-refractivity contribution in [1.29, 1.82) is 0 Å². The van der Waals surface area contributed by atoms with Gasteiger partial charge in [0.15, 0.2) is 0 Å². The molecule has 4 nitrogen and oxygen atoms in total. The Kier molecular flexibility index (Phi) is 5.80. The molecule has 0 saturated carbocycles. The van der Waals surface area contributed by atoms with Crippen molar-refractivity contribution in [2.45, 2.75) is 25.7 Å². The summed E-state index contributed by atoms with van der Waals surface area (Å²) >= 11 is 0. The van der Waals surface area contributed by atoms with Crippen LogP contribution in [0.2, 0.25) is 0 Å². The van der Waals surface area contributed by atoms with E-state index in [9.17, 15) is 5.11 Å². The lowest BCUT2D eigenvalue weighted by atomic mass is 9.78. The van der Waals surface area contributed by atoms with E-state index in [1.807, 2.05) is 0 Å². The lowest BCUT2D eigenvalue weighted by Gasteiger charge is -2.43. The van der Waals surface area contributed by atoms with Crippen molar-refractivity contribution in [3.63, 3.8) is 0 Å². The Balaban J connectivity index is 1.54. The minimum Gasteiger partial charge on any atom is -0.493 e. The van der Waals surface area contributed by atoms with Crippen molar-refractivity contribution < 1.29 is 9.84 Å². The van der Waals surface area contributed by atoms with E-state index in [1.165, 1.54) is 5.56 Å². The summed E-state index contributed by atoms with van der Waals surface area (Å²) in [5.41, 5.74) is 1.45. The number of fused-ring (bicyclic) bond motifs is 1. The second kappa shape index (κ2) is 7.85. The van der Waals surface area contributed by atoms with Gasteiger partial charge in [0, 0.05) is 18.5 Å². The lowest BCUT2D eigenvalue weighted by molar-refractivity contribution is 0.0192. The van der Waals surface area contributed by atoms with Crippen LogP contribution >= 0.6 is 0 Å². The van der Waals surface area contributed by atoms with Crippen molar-refractivity contribution in [3.05, 3.63) is 29.8 Å². The van der Waals surface area contributed by atoms with Crippen LogP contribution in [0.5, 0.6) is 5.75 Å². The third-order valence-electron chi connectivity index (χ3n) is 5.69. The van der Waals surface area contributed by atoms with Crippen LogP contribution < -0.4 is 4.74 Å². The molecule has 1 saturated heterocycles. The zero-order valence-corrected chi connectivity index (χ0v) is 15.2. The predicted molar refractivity (Wildman–Crippen MR) is 97.5 cm³/mol. The number of likely N-dealkylation sites (tertiary alicyclic amines) is 1. The first-order chi connectivity index (χ1) is 11.6. The smallest absolute Gasteiger partial charge is 0.122 e. The monoisotopic (exact) mass is 332 g/mol. The number of nitrogens with zero attached hydrogens (tertiary/aromatic N) is 2. The molecule has 0 spiro atoms. The molecule has 1 atom stereocenters. The first-order valence-corrected chi connectivity index (χ1v) is 9.29. The Morgan fingerprint density at radius 2 is 2.00 bits per heavy atom. The molecule has 1 aromatic rings. The van der Waals surface area contributed by atoms with Gasteiger partial charge in [0.05, 0.1) is 13.2 Å². The van der Waals surface area contributed by atoms with Crippen LogP contribution in [0.3, 0.4) is 0 Å². The molecule has 1 N–H and O–H groups in total. The maximum atomic E-state index is 9.88. The molecular formula is C20H32N2O2. The SMILES string of the molecule is CN(C)CC1(CO)CCN(C[C@H]2CCOc3ccccc3C2)CC1. The maximum absolute atomic E-state index is 9.88. The summed E-state index contributed by atoms with van der Waals surface area (Å²) in [6.45, 7) is 5.49. The van der Waals surface area contributed by atoms with Crippen LogP contribution in [0.4, 0.5) is 0 Å². The van der Waals surface area contributed by atoms with E-state index in [2.05, 4.69) is 48.2 Å². The highest BCUT2D eigenvalue weighted by Crippen LogP contribution is 2.33. The Bertz CT molecular complexity index is 524. The molecular weight excluding hydrogens is 300 g/mol. The zero-order valence-electron chi connectivity index (χ0n) is 15.2. The number of benzene rings is 1. The van der Waals surface area contributed by atoms with Crippen molar-refractivity contribution >= 4 is 0 Å². The summed E-state index contributed by atoms with van der Waals surface area (Å²) < 4.78 is 5.90. The molecule has 0 aromatic heterocycles. The van der Waals surface area contributed by atoms with Crippen LogP contribution in [0.1, 0.15) is 24.8 Å². The van der Waals surface area contributed by atoms with Gasteiger partial charge in [-0.05, 0) is 70.4 Å². The van der Waals surface area contributed by atoms with E-state index in [0.29, 0.717) is 12.5 Å². The molecule has 0 unspecified atom stereocenters. The maximum Gasteiger partial charge on any atom is 0.122 e. The molecule has 0 radical (unpaired) electrons. The zero-order chi connectivity index (χ0) is 17.0. The fourth-order valence-electron chi connectivity index (χ4n) is 4.33. The Hall–Kier alpha value is -1.10. The number of rotatable bonds is 5. The normalized spacial score (nSPS) is 24.2. The first kappa shape index (κ1) is 17.7. The largest absolute Gasteiger partial charge is 0.493 e. The highest BCUT2D eigenvalue weighted by Gasteiger charge is 2.35. The minimum atomic E-state index is 0.0964. The quantitative estimate of drug-likeness (QED) is 0.897. The molecule has 24 heavy (non-hydrogen) atoms. The molecule has 2 aliphatic heterocycles. The van der Waals surface area contributed by atoms with Crippen LogP contribution in [0.15, 0.2) is 24.3 Å². The first-order valence-electron chi connectivity index (χ1n) is 9.29. The van der Waals surface area contributed by atoms with Gasteiger partial charge in [-0.25, -0.2) is 0 Å². The van der Waals surface area contributed by atoms with Gasteiger partial charge in [-0.3, -0.25) is 0 Å². The topological polar surface area (TPSA) is 35.9 Å². The van der Waals surface area contributed by atoms with Gasteiger partial charge in [0.1, 0.15) is 5.75 Å². The molecule has 0 amide bonds. The van der Waals surface area contributed by atoms with Crippen molar-refractivity contribution in [2.24, 2.45) is 11.3 Å². The molecule has 0 aliphatic carbocycles. The highest BCUT2D eigenvalue weighted by molar-refractivity contribution is 5.34. The van der Waals surface area contributed by atoms with E-state index in [-0.39, 0.29) is 5.41 Å². The standard InChI is InChI=1S/C20H32N2O2/c1-21(2)15-20(16-23)8-10-22(11-9-20)14-17-7-12-24-19-6-4-3-5-18(19)13-17/h3-6,17,23H,7-16H2,1-2H3/t17-/m0/s1. The molecule has 3 rings (SSSR count). The van der Waals surface area contributed by atoms with Crippen molar-refractivity contribution in [2.75, 3.05) is 53.5 Å². The van der Waals surface area contributed by atoms with Gasteiger partial charge in [-0.2, -0.15) is 0 Å². The number of piperidine rings is 1. The van der Waals surface area contributed by atoms with E-state index < -0.39 is 0 Å². The third-order valence-corrected chi connectivity index (χ3v) is 5.69. The van der Waals surface area contributed by atoms with Gasteiger partial charge in [-0.15, -0.1) is 0 Å². The fraction of sp³-hybridized carbons (Fsp3) is 0.700. The molecule has 2 heterocycles. The second-order valence-corrected chi connectivity index (χ2v) is 8.01. The summed E-state index contributed by atoms with van der Waals surface area (Å²) in [4.78, 5) is 4.81. The minimum absolute atomic E-state index is 0.0964. The predicted octanol–water partition coefficient (Wildman–Crippen LogP) is 2.26. The Morgan fingerprint density at radius 3 is 2.71 bits per heavy atom. The average Bonchev–Trinajstić information content (AvgIpc) is 2.78. The molecule has 2 aliphatic rings. The second-order valence-electron chi connectivity index (χ2n) is 8.01. The lowest BCUT2D eigenvalue weighted by Crippen LogP contribution is -2.48. The van der Waals surface area contributed by atoms with Crippen LogP contribution in [-0.4, -0.2) is 68.4 Å². The Morgan fingerprint density at radius 1 is 1.25 bits per heavy atom. The Labute approximate surface area is 146 Å². The molecule has 134 valence electrons. The van der Waals surface area contributed by atoms with Gasteiger partial charge >= 0.3 is 0 Å². The summed E-state index contributed by atoms with van der Waals surface area (Å²) in [6.07, 6.45) is 4.45. The number of aliphatic hydroxyl groups is 1. The number of ether oxygens (including phenoxy) is 1. The molecule has 1 aromatic carbocycles. The van der Waals surface area contributed by atoms with Crippen molar-refractivity contribution in [1.82, 2.24) is 9.80 Å². The summed E-state index contributed by atoms with van der Waals surface area (Å²) in [5.74, 6) is 1.74. The highest BCUT2D eigenvalue weighted by atomic mass is 16.5. The van der Waals surface area contributed by atoms with Crippen LogP contribution in [0.25, 0.3) is 0 Å². The van der Waals surface area contributed by atoms with E-state index in [0.717, 1.165) is 64.2 Å². The van der Waals surface area contributed by atoms with Crippen LogP contribution in [-0.2, 0) is 6.42 Å². The number of para-hydroxylation sites is 1. The van der Waals surface area contributed by atoms with Gasteiger partial charge < -0.3 is 19.6 Å². The van der Waals surface area contributed by atoms with Gasteiger partial charge in [-0.1, -0.05) is 18.2 Å². The van der Waals surface area contributed by atoms with Gasteiger partial charge in [0.2, 0.25) is 0 Å². The van der Waals surface area contributed by atoms with E-state index in [4.69, 9.17) is 4.74 Å². The van der Waals surface area contributed by atoms with Crippen LogP contribution in [0, 0.1) is 11.3 Å². The summed E-state index contributed by atoms with van der Waals surface area (Å²) in [6, 6.07) is 8.47. The number of hydrogen-bond donors (Lipinski definition) is 1. The van der Waals surface area contributed by atoms with E-state index in [1.54, 1.807) is 0 Å². The molecule has 0 bridgehead atoms. The number of aliphatic hydroxyl groups excluding tert-OH is 1. The third kappa shape index (κ3) is 4.29. The average molecular weight is 332 g/mol. The summed E-state index contributed by atoms with van der Waals surface area (Å²) in [5, 5.41) is 9.88. The van der Waals surface area contributed by atoms with Gasteiger partial charge in [0.25, 0.3) is 0 Å². The van der Waals surface area contributed by atoms with E-state index >= 15 is 0 Å². The van der Waals surface area contributed by atoms with Crippen molar-refractivity contribution in [3.8, 4) is 5.75 Å².